The molecule has 1 aromatic rings. The van der Waals surface area contributed by atoms with Gasteiger partial charge in [0.1, 0.15) is 4.90 Å². The Labute approximate surface area is 126 Å². The third-order valence-corrected chi connectivity index (χ3v) is 7.45. The number of rotatable bonds is 7. The summed E-state index contributed by atoms with van der Waals surface area (Å²) in [6.07, 6.45) is 2.29. The van der Waals surface area contributed by atoms with Crippen molar-refractivity contribution in [3.05, 3.63) is 15.8 Å². The molecule has 0 bridgehead atoms. The lowest BCUT2D eigenvalue weighted by atomic mass is 10.2. The van der Waals surface area contributed by atoms with E-state index in [1.165, 1.54) is 11.3 Å². The van der Waals surface area contributed by atoms with Gasteiger partial charge in [-0.3, -0.25) is 0 Å². The van der Waals surface area contributed by atoms with Crippen molar-refractivity contribution >= 4 is 21.4 Å². The summed E-state index contributed by atoms with van der Waals surface area (Å²) in [6.45, 7) is 7.38. The van der Waals surface area contributed by atoms with Crippen LogP contribution in [0.2, 0.25) is 0 Å². The lowest BCUT2D eigenvalue weighted by molar-refractivity contribution is 0.356. The lowest BCUT2D eigenvalue weighted by Crippen LogP contribution is -2.37. The molecule has 20 heavy (non-hydrogen) atoms. The molecular weight excluding hydrogens is 292 g/mol. The number of hydrogen-bond donors (Lipinski definition) is 1. The second-order valence-corrected chi connectivity index (χ2v) is 8.45. The molecule has 1 aliphatic rings. The topological polar surface area (TPSA) is 49.4 Å². The van der Waals surface area contributed by atoms with Crippen molar-refractivity contribution in [1.29, 1.82) is 0 Å². The summed E-state index contributed by atoms with van der Waals surface area (Å²) in [4.78, 5) is 1.43. The second kappa shape index (κ2) is 6.13. The van der Waals surface area contributed by atoms with Gasteiger partial charge in [-0.15, -0.1) is 11.3 Å². The summed E-state index contributed by atoms with van der Waals surface area (Å²) >= 11 is 1.53. The lowest BCUT2D eigenvalue weighted by Gasteiger charge is -2.25. The van der Waals surface area contributed by atoms with Crippen molar-refractivity contribution in [3.63, 3.8) is 0 Å². The predicted octanol–water partition coefficient (Wildman–Crippen LogP) is 2.59. The third-order valence-electron chi connectivity index (χ3n) is 4.04. The zero-order chi connectivity index (χ0) is 14.9. The first kappa shape index (κ1) is 15.9. The summed E-state index contributed by atoms with van der Waals surface area (Å²) < 4.78 is 27.3. The molecule has 0 amide bonds. The number of nitrogens with zero attached hydrogens (tertiary/aromatic N) is 1. The number of nitrogens with one attached hydrogen (secondary N) is 1. The van der Waals surface area contributed by atoms with Gasteiger partial charge in [0.15, 0.2) is 0 Å². The minimum absolute atomic E-state index is 0.0892. The normalized spacial score (nSPS) is 17.6. The molecule has 1 heterocycles. The quantitative estimate of drug-likeness (QED) is 0.841. The number of aryl methyl sites for hydroxylation is 1. The van der Waals surface area contributed by atoms with E-state index in [1.54, 1.807) is 11.4 Å². The molecule has 0 saturated heterocycles. The van der Waals surface area contributed by atoms with E-state index in [-0.39, 0.29) is 6.04 Å². The smallest absolute Gasteiger partial charge is 0.244 e. The zero-order valence-electron chi connectivity index (χ0n) is 12.6. The molecule has 0 aromatic carbocycles. The Morgan fingerprint density at radius 1 is 1.50 bits per heavy atom. The van der Waals surface area contributed by atoms with E-state index in [1.807, 2.05) is 26.2 Å². The van der Waals surface area contributed by atoms with E-state index in [0.29, 0.717) is 17.4 Å². The van der Waals surface area contributed by atoms with Crippen LogP contribution in [0.4, 0.5) is 0 Å². The van der Waals surface area contributed by atoms with Crippen LogP contribution in [-0.2, 0) is 16.6 Å². The van der Waals surface area contributed by atoms with E-state index in [4.69, 9.17) is 0 Å². The molecule has 1 aliphatic carbocycles. The molecule has 114 valence electrons. The molecule has 4 nitrogen and oxygen atoms in total. The first-order valence-corrected chi connectivity index (χ1v) is 9.47. The first-order chi connectivity index (χ1) is 9.39. The average Bonchev–Trinajstić information content (AvgIpc) is 3.18. The fourth-order valence-electron chi connectivity index (χ4n) is 2.43. The molecule has 0 radical (unpaired) electrons. The number of thiophene rings is 1. The zero-order valence-corrected chi connectivity index (χ0v) is 14.3. The van der Waals surface area contributed by atoms with Gasteiger partial charge in [0.2, 0.25) is 10.0 Å². The maximum atomic E-state index is 12.9. The largest absolute Gasteiger partial charge is 0.312 e. The van der Waals surface area contributed by atoms with E-state index in [9.17, 15) is 8.42 Å². The van der Waals surface area contributed by atoms with Crippen LogP contribution >= 0.6 is 11.3 Å². The van der Waals surface area contributed by atoms with Crippen LogP contribution < -0.4 is 5.32 Å². The van der Waals surface area contributed by atoms with Gasteiger partial charge in [-0.05, 0) is 50.1 Å². The van der Waals surface area contributed by atoms with E-state index >= 15 is 0 Å². The third kappa shape index (κ3) is 3.08. The summed E-state index contributed by atoms with van der Waals surface area (Å²) in [7, 11) is -1.67. The summed E-state index contributed by atoms with van der Waals surface area (Å²) in [5.41, 5.74) is 0.859. The Kier molecular flexibility index (Phi) is 4.89. The number of sulfonamides is 1. The molecule has 1 saturated carbocycles. The summed E-state index contributed by atoms with van der Waals surface area (Å²) in [5.74, 6) is 0.533. The van der Waals surface area contributed by atoms with Gasteiger partial charge < -0.3 is 5.32 Å². The molecule has 0 spiro atoms. The van der Waals surface area contributed by atoms with Gasteiger partial charge in [-0.2, -0.15) is 4.31 Å². The highest BCUT2D eigenvalue weighted by Gasteiger charge is 2.37. The standard InChI is InChI=1S/C14H24N2O2S2/c1-5-15-8-13-14(10(2)9-19-13)20(17,18)16(4)11(3)12-6-7-12/h9,11-12,15H,5-8H2,1-4H3. The van der Waals surface area contributed by atoms with Crippen LogP contribution in [0.15, 0.2) is 10.3 Å². The van der Waals surface area contributed by atoms with Crippen LogP contribution in [0, 0.1) is 12.8 Å². The molecule has 1 fully saturated rings. The average molecular weight is 316 g/mol. The first-order valence-electron chi connectivity index (χ1n) is 7.15. The second-order valence-electron chi connectivity index (χ2n) is 5.55. The van der Waals surface area contributed by atoms with Crippen molar-refractivity contribution in [2.24, 2.45) is 5.92 Å². The molecule has 2 rings (SSSR count). The van der Waals surface area contributed by atoms with Crippen LogP contribution in [0.5, 0.6) is 0 Å². The van der Waals surface area contributed by atoms with Gasteiger partial charge in [-0.1, -0.05) is 6.92 Å². The molecule has 1 N–H and O–H groups in total. The van der Waals surface area contributed by atoms with E-state index < -0.39 is 10.0 Å². The van der Waals surface area contributed by atoms with Crippen LogP contribution in [0.25, 0.3) is 0 Å². The Morgan fingerprint density at radius 3 is 2.70 bits per heavy atom. The number of hydrogen-bond acceptors (Lipinski definition) is 4. The Morgan fingerprint density at radius 2 is 2.15 bits per heavy atom. The molecule has 1 unspecified atom stereocenters. The molecule has 1 aromatic heterocycles. The predicted molar refractivity (Wildman–Crippen MR) is 83.6 cm³/mol. The van der Waals surface area contributed by atoms with Crippen LogP contribution in [0.3, 0.4) is 0 Å². The molecule has 1 atom stereocenters. The van der Waals surface area contributed by atoms with Crippen molar-refractivity contribution in [2.75, 3.05) is 13.6 Å². The van der Waals surface area contributed by atoms with E-state index in [0.717, 1.165) is 29.8 Å². The minimum atomic E-state index is -3.39. The molecule has 0 aliphatic heterocycles. The highest BCUT2D eigenvalue weighted by Crippen LogP contribution is 2.38. The van der Waals surface area contributed by atoms with Crippen molar-refractivity contribution < 1.29 is 8.42 Å². The molecule has 6 heteroatoms. The van der Waals surface area contributed by atoms with Gasteiger partial charge in [0, 0.05) is 24.5 Å². The summed E-state index contributed by atoms with van der Waals surface area (Å²) in [5, 5.41) is 5.16. The maximum absolute atomic E-state index is 12.9. The fourth-order valence-corrected chi connectivity index (χ4v) is 5.58. The van der Waals surface area contributed by atoms with Gasteiger partial charge in [0.05, 0.1) is 0 Å². The van der Waals surface area contributed by atoms with Crippen molar-refractivity contribution in [3.8, 4) is 0 Å². The van der Waals surface area contributed by atoms with Crippen LogP contribution in [0.1, 0.15) is 37.1 Å². The van der Waals surface area contributed by atoms with Gasteiger partial charge >= 0.3 is 0 Å². The van der Waals surface area contributed by atoms with Crippen LogP contribution in [-0.4, -0.2) is 32.4 Å². The van der Waals surface area contributed by atoms with Gasteiger partial charge in [0.25, 0.3) is 0 Å². The Balaban J connectivity index is 2.30. The van der Waals surface area contributed by atoms with Crippen molar-refractivity contribution in [2.45, 2.75) is 51.1 Å². The monoisotopic (exact) mass is 316 g/mol. The minimum Gasteiger partial charge on any atom is -0.312 e. The SMILES string of the molecule is CCNCc1scc(C)c1S(=O)(=O)N(C)C(C)C1CC1. The van der Waals surface area contributed by atoms with E-state index in [2.05, 4.69) is 5.32 Å². The fraction of sp³-hybridized carbons (Fsp3) is 0.714. The highest BCUT2D eigenvalue weighted by atomic mass is 32.2. The molecular formula is C14H24N2O2S2. The maximum Gasteiger partial charge on any atom is 0.244 e. The Hall–Kier alpha value is -0.430. The van der Waals surface area contributed by atoms with Crippen molar-refractivity contribution in [1.82, 2.24) is 9.62 Å². The summed E-state index contributed by atoms with van der Waals surface area (Å²) in [6, 6.07) is 0.0892. The van der Waals surface area contributed by atoms with Gasteiger partial charge in [-0.25, -0.2) is 8.42 Å². The Bertz CT molecular complexity index is 562. The highest BCUT2D eigenvalue weighted by molar-refractivity contribution is 7.89.